The number of aliphatic hydroxyl groups excluding tert-OH is 2. The summed E-state index contributed by atoms with van der Waals surface area (Å²) < 4.78 is 13.8. The molecule has 2 unspecified atom stereocenters. The Morgan fingerprint density at radius 2 is 2.11 bits per heavy atom. The highest BCUT2D eigenvalue weighted by atomic mass is 19.1. The fourth-order valence-electron chi connectivity index (χ4n) is 1.60. The van der Waals surface area contributed by atoms with E-state index in [0.717, 1.165) is 6.07 Å². The van der Waals surface area contributed by atoms with Crippen LogP contribution in [0, 0.1) is 5.82 Å². The summed E-state index contributed by atoms with van der Waals surface area (Å²) in [4.78, 5) is 10.7. The lowest BCUT2D eigenvalue weighted by molar-refractivity contribution is 0.0118. The van der Waals surface area contributed by atoms with Gasteiger partial charge in [0.25, 0.3) is 0 Å². The lowest BCUT2D eigenvalue weighted by Crippen LogP contribution is -2.24. The summed E-state index contributed by atoms with van der Waals surface area (Å²) in [6.45, 7) is 0.457. The van der Waals surface area contributed by atoms with Crippen molar-refractivity contribution in [1.82, 2.24) is 5.32 Å². The summed E-state index contributed by atoms with van der Waals surface area (Å²) in [5, 5.41) is 31.0. The molecule has 18 heavy (non-hydrogen) atoms. The van der Waals surface area contributed by atoms with Crippen molar-refractivity contribution in [2.45, 2.75) is 18.6 Å². The first-order valence-electron chi connectivity index (χ1n) is 5.51. The quantitative estimate of drug-likeness (QED) is 0.597. The van der Waals surface area contributed by atoms with Gasteiger partial charge in [-0.25, -0.2) is 9.18 Å². The number of nitrogens with one attached hydrogen (secondary N) is 1. The van der Waals surface area contributed by atoms with Crippen LogP contribution in [0.2, 0.25) is 0 Å². The van der Waals surface area contributed by atoms with E-state index in [0.29, 0.717) is 6.54 Å². The molecule has 2 atom stereocenters. The van der Waals surface area contributed by atoms with Crippen molar-refractivity contribution in [1.29, 1.82) is 0 Å². The Bertz CT molecular complexity index is 425. The van der Waals surface area contributed by atoms with Gasteiger partial charge in [-0.2, -0.15) is 0 Å². The third-order valence-electron chi connectivity index (χ3n) is 2.63. The van der Waals surface area contributed by atoms with E-state index in [1.807, 2.05) is 0 Å². The number of carboxylic acids is 1. The summed E-state index contributed by atoms with van der Waals surface area (Å²) >= 11 is 0. The van der Waals surface area contributed by atoms with Crippen LogP contribution < -0.4 is 5.32 Å². The highest BCUT2D eigenvalue weighted by molar-refractivity contribution is 5.88. The van der Waals surface area contributed by atoms with Gasteiger partial charge in [-0.3, -0.25) is 0 Å². The lowest BCUT2D eigenvalue weighted by atomic mass is 9.99. The van der Waals surface area contributed by atoms with Gasteiger partial charge >= 0.3 is 5.97 Å². The van der Waals surface area contributed by atoms with Crippen molar-refractivity contribution < 1.29 is 24.5 Å². The fraction of sp³-hybridized carbons (Fsp3) is 0.417. The van der Waals surface area contributed by atoms with Gasteiger partial charge in [0.2, 0.25) is 0 Å². The van der Waals surface area contributed by atoms with Crippen LogP contribution in [0.4, 0.5) is 4.39 Å². The minimum absolute atomic E-state index is 0.210. The molecule has 1 aromatic rings. The molecule has 0 fully saturated rings. The molecular weight excluding hydrogens is 241 g/mol. The van der Waals surface area contributed by atoms with Crippen molar-refractivity contribution in [2.24, 2.45) is 0 Å². The van der Waals surface area contributed by atoms with E-state index in [1.165, 1.54) is 12.1 Å². The summed E-state index contributed by atoms with van der Waals surface area (Å²) in [5.74, 6) is -2.42. The maximum atomic E-state index is 13.8. The standard InChI is InChI=1S/C12H16FNO4/c1-14-6-5-9(15)11(16)7-3-2-4-8(10(7)13)12(17)18/h2-4,9,11,14-16H,5-6H2,1H3,(H,17,18). The van der Waals surface area contributed by atoms with Gasteiger partial charge in [-0.05, 0) is 26.1 Å². The summed E-state index contributed by atoms with van der Waals surface area (Å²) in [6.07, 6.45) is -2.37. The maximum absolute atomic E-state index is 13.8. The number of carbonyl (C=O) groups is 1. The van der Waals surface area contributed by atoms with E-state index in [4.69, 9.17) is 5.11 Å². The minimum Gasteiger partial charge on any atom is -0.478 e. The molecule has 0 aliphatic rings. The topological polar surface area (TPSA) is 89.8 Å². The Labute approximate surface area is 104 Å². The van der Waals surface area contributed by atoms with Crippen LogP contribution in [-0.2, 0) is 0 Å². The van der Waals surface area contributed by atoms with Gasteiger partial charge in [0, 0.05) is 5.56 Å². The van der Waals surface area contributed by atoms with Gasteiger partial charge in [-0.1, -0.05) is 12.1 Å². The maximum Gasteiger partial charge on any atom is 0.338 e. The Balaban J connectivity index is 2.95. The first-order chi connectivity index (χ1) is 8.49. The summed E-state index contributed by atoms with van der Waals surface area (Å²) in [5.41, 5.74) is -0.731. The van der Waals surface area contributed by atoms with E-state index >= 15 is 0 Å². The minimum atomic E-state index is -1.45. The molecule has 1 aromatic carbocycles. The second kappa shape index (κ2) is 6.44. The number of rotatable bonds is 6. The second-order valence-electron chi connectivity index (χ2n) is 3.92. The summed E-state index contributed by atoms with van der Waals surface area (Å²) in [7, 11) is 1.69. The van der Waals surface area contributed by atoms with Crippen LogP contribution in [-0.4, -0.2) is 41.0 Å². The monoisotopic (exact) mass is 257 g/mol. The Morgan fingerprint density at radius 3 is 2.67 bits per heavy atom. The van der Waals surface area contributed by atoms with Crippen LogP contribution in [0.1, 0.15) is 28.4 Å². The predicted octanol–water partition coefficient (Wildman–Crippen LogP) is 0.528. The third kappa shape index (κ3) is 3.25. The zero-order valence-electron chi connectivity index (χ0n) is 9.93. The first-order valence-corrected chi connectivity index (χ1v) is 5.51. The molecule has 0 bridgehead atoms. The van der Waals surface area contributed by atoms with Gasteiger partial charge < -0.3 is 20.6 Å². The van der Waals surface area contributed by atoms with E-state index in [9.17, 15) is 19.4 Å². The molecular formula is C12H16FNO4. The number of aliphatic hydroxyl groups is 2. The van der Waals surface area contributed by atoms with Crippen LogP contribution in [0.15, 0.2) is 18.2 Å². The Morgan fingerprint density at radius 1 is 1.44 bits per heavy atom. The van der Waals surface area contributed by atoms with E-state index in [1.54, 1.807) is 7.05 Å². The average Bonchev–Trinajstić information content (AvgIpc) is 2.35. The molecule has 5 nitrogen and oxygen atoms in total. The normalized spacial score (nSPS) is 14.2. The molecule has 0 saturated heterocycles. The smallest absolute Gasteiger partial charge is 0.338 e. The SMILES string of the molecule is CNCCC(O)C(O)c1cccc(C(=O)O)c1F. The molecule has 6 heteroatoms. The number of hydrogen-bond donors (Lipinski definition) is 4. The van der Waals surface area contributed by atoms with E-state index in [-0.39, 0.29) is 12.0 Å². The molecule has 0 aliphatic carbocycles. The van der Waals surface area contributed by atoms with Gasteiger partial charge in [0.15, 0.2) is 0 Å². The Kier molecular flexibility index (Phi) is 5.21. The van der Waals surface area contributed by atoms with Crippen molar-refractivity contribution in [3.05, 3.63) is 35.1 Å². The fourth-order valence-corrected chi connectivity index (χ4v) is 1.60. The average molecular weight is 257 g/mol. The van der Waals surface area contributed by atoms with E-state index in [2.05, 4.69) is 5.32 Å². The molecule has 100 valence electrons. The van der Waals surface area contributed by atoms with Crippen LogP contribution in [0.25, 0.3) is 0 Å². The summed E-state index contributed by atoms with van der Waals surface area (Å²) in [6, 6.07) is 3.69. The largest absolute Gasteiger partial charge is 0.478 e. The van der Waals surface area contributed by atoms with Gasteiger partial charge in [0.1, 0.15) is 11.9 Å². The molecule has 1 rings (SSSR count). The van der Waals surface area contributed by atoms with Gasteiger partial charge in [-0.15, -0.1) is 0 Å². The number of carboxylic acid groups (broad SMARTS) is 1. The molecule has 0 aliphatic heterocycles. The molecule has 0 aromatic heterocycles. The van der Waals surface area contributed by atoms with Gasteiger partial charge in [0.05, 0.1) is 11.7 Å². The number of aromatic carboxylic acids is 1. The number of halogens is 1. The van der Waals surface area contributed by atoms with Crippen molar-refractivity contribution >= 4 is 5.97 Å². The van der Waals surface area contributed by atoms with Crippen LogP contribution in [0.3, 0.4) is 0 Å². The molecule has 0 saturated carbocycles. The predicted molar refractivity (Wildman–Crippen MR) is 62.9 cm³/mol. The molecule has 0 radical (unpaired) electrons. The van der Waals surface area contributed by atoms with E-state index < -0.39 is 29.6 Å². The van der Waals surface area contributed by atoms with Crippen molar-refractivity contribution in [3.63, 3.8) is 0 Å². The molecule has 0 spiro atoms. The van der Waals surface area contributed by atoms with Crippen molar-refractivity contribution in [3.8, 4) is 0 Å². The highest BCUT2D eigenvalue weighted by Gasteiger charge is 2.24. The number of hydrogen-bond acceptors (Lipinski definition) is 4. The lowest BCUT2D eigenvalue weighted by Gasteiger charge is -2.19. The third-order valence-corrected chi connectivity index (χ3v) is 2.63. The Hall–Kier alpha value is -1.50. The van der Waals surface area contributed by atoms with Crippen molar-refractivity contribution in [2.75, 3.05) is 13.6 Å². The molecule has 0 amide bonds. The zero-order valence-corrected chi connectivity index (χ0v) is 9.93. The van der Waals surface area contributed by atoms with Crippen LogP contribution >= 0.6 is 0 Å². The number of benzene rings is 1. The molecule has 0 heterocycles. The zero-order chi connectivity index (χ0) is 13.7. The highest BCUT2D eigenvalue weighted by Crippen LogP contribution is 2.24. The first kappa shape index (κ1) is 14.6. The second-order valence-corrected chi connectivity index (χ2v) is 3.92. The molecule has 4 N–H and O–H groups in total. The van der Waals surface area contributed by atoms with Crippen LogP contribution in [0.5, 0.6) is 0 Å².